The SMILES string of the molecule is O=CN(C1=NN(c2ccccc2)c2ccccc2[N]1)c1ccccc1. The number of hydrogen-bond donors (Lipinski definition) is 0. The van der Waals surface area contributed by atoms with Crippen molar-refractivity contribution in [2.75, 3.05) is 9.91 Å². The van der Waals surface area contributed by atoms with Crippen LogP contribution in [0.15, 0.2) is 90.0 Å². The van der Waals surface area contributed by atoms with E-state index in [9.17, 15) is 4.79 Å². The summed E-state index contributed by atoms with van der Waals surface area (Å²) in [6, 6.07) is 26.9. The maximum Gasteiger partial charge on any atom is 0.255 e. The van der Waals surface area contributed by atoms with Crippen LogP contribution in [0.2, 0.25) is 0 Å². The Kier molecular flexibility index (Phi) is 3.88. The van der Waals surface area contributed by atoms with Gasteiger partial charge in [-0.1, -0.05) is 48.5 Å². The number of carbonyl (C=O) groups excluding carboxylic acids is 1. The number of hydrogen-bond acceptors (Lipinski definition) is 3. The number of nitrogens with zero attached hydrogens (tertiary/aromatic N) is 4. The molecule has 0 atom stereocenters. The highest BCUT2D eigenvalue weighted by Gasteiger charge is 2.25. The molecular formula is C20H15N4O. The summed E-state index contributed by atoms with van der Waals surface area (Å²) in [4.78, 5) is 13.2. The van der Waals surface area contributed by atoms with Crippen LogP contribution >= 0.6 is 0 Å². The highest BCUT2D eigenvalue weighted by molar-refractivity contribution is 6.12. The lowest BCUT2D eigenvalue weighted by molar-refractivity contribution is -0.106. The van der Waals surface area contributed by atoms with E-state index in [0.717, 1.165) is 23.5 Å². The first-order valence-electron chi connectivity index (χ1n) is 7.91. The van der Waals surface area contributed by atoms with Crippen LogP contribution in [-0.2, 0) is 4.79 Å². The molecule has 5 nitrogen and oxygen atoms in total. The quantitative estimate of drug-likeness (QED) is 0.683. The molecular weight excluding hydrogens is 312 g/mol. The van der Waals surface area contributed by atoms with Crippen molar-refractivity contribution in [3.05, 3.63) is 84.9 Å². The van der Waals surface area contributed by atoms with E-state index < -0.39 is 0 Å². The molecule has 0 bridgehead atoms. The fraction of sp³-hybridized carbons (Fsp3) is 0. The summed E-state index contributed by atoms with van der Waals surface area (Å²) in [7, 11) is 0. The van der Waals surface area contributed by atoms with E-state index >= 15 is 0 Å². The lowest BCUT2D eigenvalue weighted by atomic mass is 10.2. The molecule has 0 spiro atoms. The first-order valence-corrected chi connectivity index (χ1v) is 7.91. The summed E-state index contributed by atoms with van der Waals surface area (Å²) in [5.41, 5.74) is 3.25. The maximum absolute atomic E-state index is 11.7. The van der Waals surface area contributed by atoms with E-state index in [1.807, 2.05) is 84.9 Å². The minimum absolute atomic E-state index is 0.323. The number of hydrazone groups is 1. The molecule has 0 unspecified atom stereocenters. The second-order valence-corrected chi connectivity index (χ2v) is 5.46. The van der Waals surface area contributed by atoms with Crippen molar-refractivity contribution in [1.29, 1.82) is 0 Å². The number of carbonyl (C=O) groups is 1. The lowest BCUT2D eigenvalue weighted by Gasteiger charge is -2.30. The van der Waals surface area contributed by atoms with Crippen LogP contribution in [0.4, 0.5) is 22.7 Å². The molecule has 0 fully saturated rings. The van der Waals surface area contributed by atoms with Crippen LogP contribution in [0.5, 0.6) is 0 Å². The van der Waals surface area contributed by atoms with Gasteiger partial charge in [0.05, 0.1) is 22.7 Å². The molecule has 3 aromatic rings. The fourth-order valence-electron chi connectivity index (χ4n) is 2.69. The van der Waals surface area contributed by atoms with E-state index in [0.29, 0.717) is 11.6 Å². The molecule has 0 N–H and O–H groups in total. The van der Waals surface area contributed by atoms with Gasteiger partial charge in [0.1, 0.15) is 0 Å². The van der Waals surface area contributed by atoms with Gasteiger partial charge in [-0.15, -0.1) is 5.10 Å². The zero-order chi connectivity index (χ0) is 17.1. The molecule has 4 rings (SSSR count). The summed E-state index contributed by atoms with van der Waals surface area (Å²) in [6.45, 7) is 0. The van der Waals surface area contributed by atoms with Gasteiger partial charge < -0.3 is 0 Å². The van der Waals surface area contributed by atoms with Gasteiger partial charge in [0.15, 0.2) is 0 Å². The van der Waals surface area contributed by atoms with Crippen LogP contribution < -0.4 is 15.2 Å². The van der Waals surface area contributed by atoms with Crippen LogP contribution in [0.25, 0.3) is 0 Å². The average Bonchev–Trinajstić information content (AvgIpc) is 2.69. The van der Waals surface area contributed by atoms with Crippen LogP contribution in [-0.4, -0.2) is 12.4 Å². The molecule has 0 aliphatic carbocycles. The van der Waals surface area contributed by atoms with Crippen LogP contribution in [0.3, 0.4) is 0 Å². The predicted molar refractivity (Wildman–Crippen MR) is 99.2 cm³/mol. The van der Waals surface area contributed by atoms with Gasteiger partial charge in [0, 0.05) is 0 Å². The predicted octanol–water partition coefficient (Wildman–Crippen LogP) is 4.01. The molecule has 1 radical (unpaired) electrons. The Balaban J connectivity index is 1.81. The summed E-state index contributed by atoms with van der Waals surface area (Å²) in [5, 5.41) is 11.0. The molecule has 0 aromatic heterocycles. The highest BCUT2D eigenvalue weighted by Crippen LogP contribution is 2.35. The van der Waals surface area contributed by atoms with Crippen LogP contribution in [0.1, 0.15) is 0 Å². The maximum atomic E-state index is 11.7. The molecule has 121 valence electrons. The number of guanidine groups is 1. The Morgan fingerprint density at radius 2 is 1.44 bits per heavy atom. The van der Waals surface area contributed by atoms with Crippen molar-refractivity contribution in [2.45, 2.75) is 0 Å². The second kappa shape index (κ2) is 6.49. The van der Waals surface area contributed by atoms with Crippen molar-refractivity contribution in [1.82, 2.24) is 5.32 Å². The molecule has 0 saturated carbocycles. The van der Waals surface area contributed by atoms with Crippen molar-refractivity contribution in [3.63, 3.8) is 0 Å². The molecule has 25 heavy (non-hydrogen) atoms. The summed E-state index contributed by atoms with van der Waals surface area (Å²) >= 11 is 0. The molecule has 5 heteroatoms. The number of para-hydroxylation sites is 4. The highest BCUT2D eigenvalue weighted by atomic mass is 16.1. The summed E-state index contributed by atoms with van der Waals surface area (Å²) in [6.07, 6.45) is 0.731. The number of rotatable bonds is 3. The molecule has 1 aliphatic rings. The van der Waals surface area contributed by atoms with E-state index in [1.165, 1.54) is 4.90 Å². The smallest absolute Gasteiger partial charge is 0.255 e. The van der Waals surface area contributed by atoms with Gasteiger partial charge >= 0.3 is 0 Å². The van der Waals surface area contributed by atoms with Crippen molar-refractivity contribution in [3.8, 4) is 0 Å². The van der Waals surface area contributed by atoms with Crippen molar-refractivity contribution >= 4 is 35.1 Å². The topological polar surface area (TPSA) is 50.0 Å². The molecule has 1 heterocycles. The average molecular weight is 327 g/mol. The molecule has 0 saturated heterocycles. The molecule has 3 aromatic carbocycles. The Bertz CT molecular complexity index is 909. The van der Waals surface area contributed by atoms with Crippen molar-refractivity contribution in [2.24, 2.45) is 5.10 Å². The number of benzene rings is 3. The minimum Gasteiger partial charge on any atom is -0.278 e. The first-order chi connectivity index (χ1) is 12.4. The fourth-order valence-corrected chi connectivity index (χ4v) is 2.69. The Hall–Kier alpha value is -3.60. The third-order valence-corrected chi connectivity index (χ3v) is 3.88. The first kappa shape index (κ1) is 15.0. The Morgan fingerprint density at radius 1 is 0.800 bits per heavy atom. The Labute approximate surface area is 145 Å². The monoisotopic (exact) mass is 327 g/mol. The second-order valence-electron chi connectivity index (χ2n) is 5.46. The van der Waals surface area contributed by atoms with Crippen LogP contribution in [0, 0.1) is 0 Å². The zero-order valence-corrected chi connectivity index (χ0v) is 13.4. The number of anilines is 3. The van der Waals surface area contributed by atoms with Crippen molar-refractivity contribution < 1.29 is 4.79 Å². The normalized spacial score (nSPS) is 12.6. The van der Waals surface area contributed by atoms with Gasteiger partial charge in [-0.3, -0.25) is 9.69 Å². The zero-order valence-electron chi connectivity index (χ0n) is 13.4. The van der Waals surface area contributed by atoms with E-state index in [2.05, 4.69) is 10.4 Å². The Morgan fingerprint density at radius 3 is 2.16 bits per heavy atom. The third kappa shape index (κ3) is 2.83. The van der Waals surface area contributed by atoms with Gasteiger partial charge in [0.25, 0.3) is 5.96 Å². The van der Waals surface area contributed by atoms with E-state index in [4.69, 9.17) is 0 Å². The number of fused-ring (bicyclic) bond motifs is 1. The molecule has 1 aliphatic heterocycles. The van der Waals surface area contributed by atoms with E-state index in [1.54, 1.807) is 5.01 Å². The third-order valence-electron chi connectivity index (χ3n) is 3.88. The van der Waals surface area contributed by atoms with Gasteiger partial charge in [-0.05, 0) is 36.4 Å². The standard InChI is InChI=1S/C20H15N4O/c25-15-23(16-9-3-1-4-10-16)20-21-18-13-7-8-14-19(18)24(22-20)17-11-5-2-6-12-17/h1-15H. The largest absolute Gasteiger partial charge is 0.278 e. The summed E-state index contributed by atoms with van der Waals surface area (Å²) in [5.74, 6) is 0.323. The van der Waals surface area contributed by atoms with Gasteiger partial charge in [0.2, 0.25) is 6.41 Å². The van der Waals surface area contributed by atoms with E-state index in [-0.39, 0.29) is 0 Å². The van der Waals surface area contributed by atoms with Gasteiger partial charge in [-0.25, -0.2) is 10.3 Å². The molecule has 1 amide bonds. The minimum atomic E-state index is 0.323. The summed E-state index contributed by atoms with van der Waals surface area (Å²) < 4.78 is 0. The lowest BCUT2D eigenvalue weighted by Crippen LogP contribution is -2.39. The number of amides is 1. The van der Waals surface area contributed by atoms with Gasteiger partial charge in [-0.2, -0.15) is 0 Å².